The summed E-state index contributed by atoms with van der Waals surface area (Å²) in [4.78, 5) is 0.361. The fraction of sp³-hybridized carbons (Fsp3) is 0.600. The summed E-state index contributed by atoms with van der Waals surface area (Å²) < 4.78 is 27.4. The zero-order valence-electron chi connectivity index (χ0n) is 12.4. The smallest absolute Gasteiger partial charge is 0.243 e. The second kappa shape index (κ2) is 5.84. The summed E-state index contributed by atoms with van der Waals surface area (Å²) >= 11 is 0. The first-order chi connectivity index (χ1) is 9.37. The number of sulfonamides is 1. The number of hydrogen-bond donors (Lipinski definition) is 1. The second-order valence-corrected chi connectivity index (χ2v) is 7.53. The average Bonchev–Trinajstić information content (AvgIpc) is 2.80. The number of hydrogen-bond acceptors (Lipinski definition) is 3. The lowest BCUT2D eigenvalue weighted by Crippen LogP contribution is -2.39. The molecule has 1 heterocycles. The van der Waals surface area contributed by atoms with Crippen LogP contribution in [0.4, 0.5) is 0 Å². The molecule has 0 spiro atoms. The van der Waals surface area contributed by atoms with E-state index in [0.29, 0.717) is 4.90 Å². The van der Waals surface area contributed by atoms with Crippen molar-refractivity contribution in [3.63, 3.8) is 0 Å². The van der Waals surface area contributed by atoms with Gasteiger partial charge in [-0.2, -0.15) is 4.31 Å². The first-order valence-corrected chi connectivity index (χ1v) is 8.71. The number of rotatable bonds is 4. The predicted molar refractivity (Wildman–Crippen MR) is 80.8 cm³/mol. The van der Waals surface area contributed by atoms with Crippen LogP contribution in [0.2, 0.25) is 0 Å². The van der Waals surface area contributed by atoms with Crippen LogP contribution in [0.1, 0.15) is 51.6 Å². The molecule has 3 atom stereocenters. The van der Waals surface area contributed by atoms with E-state index in [1.54, 1.807) is 22.5 Å². The quantitative estimate of drug-likeness (QED) is 0.929. The molecule has 20 heavy (non-hydrogen) atoms. The van der Waals surface area contributed by atoms with Crippen molar-refractivity contribution < 1.29 is 8.42 Å². The molecule has 1 aliphatic rings. The molecule has 112 valence electrons. The molecule has 1 aromatic carbocycles. The molecule has 2 N–H and O–H groups in total. The fourth-order valence-corrected chi connectivity index (χ4v) is 4.95. The lowest BCUT2D eigenvalue weighted by atomic mass is 10.1. The van der Waals surface area contributed by atoms with Gasteiger partial charge >= 0.3 is 0 Å². The molecule has 0 bridgehead atoms. The zero-order chi connectivity index (χ0) is 14.9. The molecule has 4 nitrogen and oxygen atoms in total. The molecule has 1 aromatic rings. The van der Waals surface area contributed by atoms with Crippen LogP contribution in [0.25, 0.3) is 0 Å². The summed E-state index contributed by atoms with van der Waals surface area (Å²) in [6.45, 7) is 5.89. The van der Waals surface area contributed by atoms with Gasteiger partial charge in [0.15, 0.2) is 0 Å². The van der Waals surface area contributed by atoms with Crippen LogP contribution in [-0.4, -0.2) is 24.8 Å². The lowest BCUT2D eigenvalue weighted by Gasteiger charge is -2.27. The van der Waals surface area contributed by atoms with Crippen LogP contribution in [0.15, 0.2) is 29.2 Å². The molecule has 5 heteroatoms. The first kappa shape index (κ1) is 15.5. The van der Waals surface area contributed by atoms with Gasteiger partial charge < -0.3 is 5.73 Å². The minimum absolute atomic E-state index is 0.0731. The number of benzene rings is 1. The van der Waals surface area contributed by atoms with Crippen molar-refractivity contribution in [3.8, 4) is 0 Å². The Hall–Kier alpha value is -0.910. The highest BCUT2D eigenvalue weighted by atomic mass is 32.2. The monoisotopic (exact) mass is 296 g/mol. The van der Waals surface area contributed by atoms with Gasteiger partial charge in [-0.15, -0.1) is 0 Å². The summed E-state index contributed by atoms with van der Waals surface area (Å²) in [5, 5.41) is 0. The summed E-state index contributed by atoms with van der Waals surface area (Å²) in [7, 11) is -3.43. The van der Waals surface area contributed by atoms with Crippen LogP contribution >= 0.6 is 0 Å². The molecule has 1 saturated heterocycles. The van der Waals surface area contributed by atoms with Crippen LogP contribution in [-0.2, 0) is 10.0 Å². The molecule has 0 aromatic heterocycles. The van der Waals surface area contributed by atoms with Gasteiger partial charge in [0, 0.05) is 18.1 Å². The lowest BCUT2D eigenvalue weighted by molar-refractivity contribution is 0.328. The van der Waals surface area contributed by atoms with E-state index in [2.05, 4.69) is 0 Å². The van der Waals surface area contributed by atoms with E-state index in [9.17, 15) is 8.42 Å². The highest BCUT2D eigenvalue weighted by molar-refractivity contribution is 7.89. The maximum Gasteiger partial charge on any atom is 0.243 e. The van der Waals surface area contributed by atoms with Gasteiger partial charge in [-0.1, -0.05) is 19.1 Å². The van der Waals surface area contributed by atoms with E-state index in [1.807, 2.05) is 26.8 Å². The standard InChI is InChI=1S/C15H24N2O2S/c1-4-14-9-8-11(2)17(14)20(18,19)15-7-5-6-13(10-15)12(3)16/h5-7,10-12,14H,4,8-9,16H2,1-3H3. The van der Waals surface area contributed by atoms with Crippen molar-refractivity contribution in [1.82, 2.24) is 4.31 Å². The molecule has 0 radical (unpaired) electrons. The maximum absolute atomic E-state index is 12.9. The Morgan fingerprint density at radius 3 is 2.70 bits per heavy atom. The molecular formula is C15H24N2O2S. The molecule has 2 rings (SSSR count). The van der Waals surface area contributed by atoms with Crippen molar-refractivity contribution in [1.29, 1.82) is 0 Å². The first-order valence-electron chi connectivity index (χ1n) is 7.27. The van der Waals surface area contributed by atoms with Gasteiger partial charge in [-0.25, -0.2) is 8.42 Å². The highest BCUT2D eigenvalue weighted by Gasteiger charge is 2.39. The van der Waals surface area contributed by atoms with Crippen molar-refractivity contribution in [2.24, 2.45) is 5.73 Å². The van der Waals surface area contributed by atoms with Gasteiger partial charge in [-0.3, -0.25) is 0 Å². The zero-order valence-corrected chi connectivity index (χ0v) is 13.2. The third-order valence-electron chi connectivity index (χ3n) is 4.14. The third kappa shape index (κ3) is 2.75. The van der Waals surface area contributed by atoms with Crippen LogP contribution in [0.3, 0.4) is 0 Å². The minimum atomic E-state index is -3.43. The van der Waals surface area contributed by atoms with Crippen molar-refractivity contribution in [2.75, 3.05) is 0 Å². The van der Waals surface area contributed by atoms with E-state index in [-0.39, 0.29) is 18.1 Å². The molecular weight excluding hydrogens is 272 g/mol. The van der Waals surface area contributed by atoms with Crippen LogP contribution in [0, 0.1) is 0 Å². The Morgan fingerprint density at radius 1 is 1.40 bits per heavy atom. The van der Waals surface area contributed by atoms with Gasteiger partial charge in [0.25, 0.3) is 0 Å². The second-order valence-electron chi connectivity index (χ2n) is 5.68. The van der Waals surface area contributed by atoms with Gasteiger partial charge in [-0.05, 0) is 50.8 Å². The molecule has 3 unspecified atom stereocenters. The van der Waals surface area contributed by atoms with E-state index >= 15 is 0 Å². The van der Waals surface area contributed by atoms with E-state index in [1.165, 1.54) is 0 Å². The Bertz CT molecular complexity index is 569. The topological polar surface area (TPSA) is 63.4 Å². The Labute approximate surface area is 122 Å². The van der Waals surface area contributed by atoms with Crippen molar-refractivity contribution in [2.45, 2.75) is 63.1 Å². The predicted octanol–water partition coefficient (Wildman–Crippen LogP) is 2.66. The SMILES string of the molecule is CCC1CCC(C)N1S(=O)(=O)c1cccc(C(C)N)c1. The largest absolute Gasteiger partial charge is 0.324 e. The molecule has 1 aliphatic heterocycles. The fourth-order valence-electron chi connectivity index (χ4n) is 2.95. The summed E-state index contributed by atoms with van der Waals surface area (Å²) in [5.41, 5.74) is 6.70. The van der Waals surface area contributed by atoms with Crippen molar-refractivity contribution in [3.05, 3.63) is 29.8 Å². The van der Waals surface area contributed by atoms with Crippen molar-refractivity contribution >= 4 is 10.0 Å². The maximum atomic E-state index is 12.9. The summed E-state index contributed by atoms with van der Waals surface area (Å²) in [6, 6.07) is 7.04. The number of nitrogens with two attached hydrogens (primary N) is 1. The Kier molecular flexibility index (Phi) is 4.52. The Morgan fingerprint density at radius 2 is 2.10 bits per heavy atom. The third-order valence-corrected chi connectivity index (χ3v) is 6.21. The molecule has 0 saturated carbocycles. The highest BCUT2D eigenvalue weighted by Crippen LogP contribution is 2.32. The summed E-state index contributed by atoms with van der Waals surface area (Å²) in [6.07, 6.45) is 2.74. The normalized spacial score (nSPS) is 25.8. The molecule has 0 aliphatic carbocycles. The molecule has 0 amide bonds. The van der Waals surface area contributed by atoms with Gasteiger partial charge in [0.05, 0.1) is 4.90 Å². The van der Waals surface area contributed by atoms with Gasteiger partial charge in [0.1, 0.15) is 0 Å². The summed E-state index contributed by atoms with van der Waals surface area (Å²) in [5.74, 6) is 0. The molecule has 1 fully saturated rings. The minimum Gasteiger partial charge on any atom is -0.324 e. The van der Waals surface area contributed by atoms with Crippen LogP contribution in [0.5, 0.6) is 0 Å². The number of nitrogens with zero attached hydrogens (tertiary/aromatic N) is 1. The Balaban J connectivity index is 2.42. The van der Waals surface area contributed by atoms with E-state index in [4.69, 9.17) is 5.73 Å². The van der Waals surface area contributed by atoms with Gasteiger partial charge in [0.2, 0.25) is 10.0 Å². The average molecular weight is 296 g/mol. The van der Waals surface area contributed by atoms with E-state index in [0.717, 1.165) is 24.8 Å². The van der Waals surface area contributed by atoms with Crippen LogP contribution < -0.4 is 5.73 Å². The van der Waals surface area contributed by atoms with E-state index < -0.39 is 10.0 Å².